The molecule has 0 aliphatic heterocycles. The highest BCUT2D eigenvalue weighted by atomic mass is 16.4. The quantitative estimate of drug-likeness (QED) is 0.856. The first-order valence-corrected chi connectivity index (χ1v) is 6.83. The summed E-state index contributed by atoms with van der Waals surface area (Å²) in [5.41, 5.74) is 5.18. The van der Waals surface area contributed by atoms with Crippen LogP contribution in [-0.4, -0.2) is 28.6 Å². The molecular formula is C16H25NO2. The lowest BCUT2D eigenvalue weighted by molar-refractivity contribution is -0.137. The average Bonchev–Trinajstić information content (AvgIpc) is 2.25. The maximum absolute atomic E-state index is 10.7. The molecular weight excluding hydrogens is 238 g/mol. The van der Waals surface area contributed by atoms with E-state index in [2.05, 4.69) is 51.7 Å². The third-order valence-electron chi connectivity index (χ3n) is 3.54. The summed E-state index contributed by atoms with van der Waals surface area (Å²) in [6.07, 6.45) is 0.197. The molecule has 0 spiro atoms. The van der Waals surface area contributed by atoms with Crippen molar-refractivity contribution in [3.05, 3.63) is 34.4 Å². The standard InChI is InChI=1S/C16H25NO2/c1-11(2)17(7-6-16(18)19)10-15-13(4)8-12(3)9-14(15)5/h8-9,11H,6-7,10H2,1-5H3,(H,18,19). The summed E-state index contributed by atoms with van der Waals surface area (Å²) in [5, 5.41) is 8.83. The van der Waals surface area contributed by atoms with E-state index in [9.17, 15) is 4.79 Å². The fraction of sp³-hybridized carbons (Fsp3) is 0.562. The number of aryl methyl sites for hydroxylation is 3. The molecule has 0 aliphatic rings. The van der Waals surface area contributed by atoms with Gasteiger partial charge < -0.3 is 5.11 Å². The van der Waals surface area contributed by atoms with Gasteiger partial charge in [-0.1, -0.05) is 17.7 Å². The van der Waals surface area contributed by atoms with E-state index in [1.165, 1.54) is 22.3 Å². The van der Waals surface area contributed by atoms with Crippen LogP contribution in [0.25, 0.3) is 0 Å². The maximum Gasteiger partial charge on any atom is 0.304 e. The Kier molecular flexibility index (Phi) is 5.55. The van der Waals surface area contributed by atoms with Gasteiger partial charge >= 0.3 is 5.97 Å². The van der Waals surface area contributed by atoms with Gasteiger partial charge in [-0.15, -0.1) is 0 Å². The second kappa shape index (κ2) is 6.71. The number of hydrogen-bond donors (Lipinski definition) is 1. The van der Waals surface area contributed by atoms with Gasteiger partial charge in [0.1, 0.15) is 0 Å². The van der Waals surface area contributed by atoms with E-state index in [1.54, 1.807) is 0 Å². The van der Waals surface area contributed by atoms with Crippen LogP contribution >= 0.6 is 0 Å². The molecule has 0 aromatic heterocycles. The summed E-state index contributed by atoms with van der Waals surface area (Å²) in [6.45, 7) is 12.0. The van der Waals surface area contributed by atoms with E-state index in [0.29, 0.717) is 12.6 Å². The molecule has 0 unspecified atom stereocenters. The van der Waals surface area contributed by atoms with Gasteiger partial charge in [-0.2, -0.15) is 0 Å². The lowest BCUT2D eigenvalue weighted by atomic mass is 9.99. The van der Waals surface area contributed by atoms with Gasteiger partial charge in [0.25, 0.3) is 0 Å². The molecule has 0 atom stereocenters. The Bertz CT molecular complexity index is 429. The molecule has 0 fully saturated rings. The van der Waals surface area contributed by atoms with E-state index in [4.69, 9.17) is 5.11 Å². The van der Waals surface area contributed by atoms with Gasteiger partial charge in [0.15, 0.2) is 0 Å². The molecule has 1 aromatic rings. The molecule has 0 radical (unpaired) electrons. The second-order valence-corrected chi connectivity index (χ2v) is 5.59. The zero-order valence-corrected chi connectivity index (χ0v) is 12.7. The highest BCUT2D eigenvalue weighted by molar-refractivity contribution is 5.66. The predicted molar refractivity (Wildman–Crippen MR) is 78.5 cm³/mol. The fourth-order valence-corrected chi connectivity index (χ4v) is 2.42. The van der Waals surface area contributed by atoms with Crippen molar-refractivity contribution >= 4 is 5.97 Å². The molecule has 1 aromatic carbocycles. The Hall–Kier alpha value is -1.35. The molecule has 19 heavy (non-hydrogen) atoms. The third kappa shape index (κ3) is 4.67. The lowest BCUT2D eigenvalue weighted by Crippen LogP contribution is -2.33. The Morgan fingerprint density at radius 1 is 1.21 bits per heavy atom. The lowest BCUT2D eigenvalue weighted by Gasteiger charge is -2.27. The smallest absolute Gasteiger partial charge is 0.304 e. The summed E-state index contributed by atoms with van der Waals surface area (Å²) in [5.74, 6) is -0.733. The van der Waals surface area contributed by atoms with Crippen LogP contribution in [0.4, 0.5) is 0 Å². The zero-order chi connectivity index (χ0) is 14.6. The molecule has 0 amide bonds. The van der Waals surface area contributed by atoms with Crippen LogP contribution in [0.1, 0.15) is 42.5 Å². The molecule has 0 heterocycles. The normalized spacial score (nSPS) is 11.3. The Labute approximate surface area is 116 Å². The van der Waals surface area contributed by atoms with Crippen molar-refractivity contribution in [2.45, 2.75) is 53.6 Å². The summed E-state index contributed by atoms with van der Waals surface area (Å²) in [4.78, 5) is 13.0. The van der Waals surface area contributed by atoms with Crippen molar-refractivity contribution in [3.63, 3.8) is 0 Å². The topological polar surface area (TPSA) is 40.5 Å². The van der Waals surface area contributed by atoms with Crippen LogP contribution < -0.4 is 0 Å². The minimum absolute atomic E-state index is 0.197. The van der Waals surface area contributed by atoms with Gasteiger partial charge in [-0.05, 0) is 51.3 Å². The number of carboxylic acid groups (broad SMARTS) is 1. The van der Waals surface area contributed by atoms with E-state index in [-0.39, 0.29) is 6.42 Å². The average molecular weight is 263 g/mol. The van der Waals surface area contributed by atoms with Crippen molar-refractivity contribution in [3.8, 4) is 0 Å². The van der Waals surface area contributed by atoms with Gasteiger partial charge in [0.2, 0.25) is 0 Å². The number of carbonyl (C=O) groups is 1. The monoisotopic (exact) mass is 263 g/mol. The number of hydrogen-bond acceptors (Lipinski definition) is 2. The highest BCUT2D eigenvalue weighted by Gasteiger charge is 2.14. The highest BCUT2D eigenvalue weighted by Crippen LogP contribution is 2.19. The minimum atomic E-state index is -0.733. The van der Waals surface area contributed by atoms with Crippen molar-refractivity contribution < 1.29 is 9.90 Å². The molecule has 106 valence electrons. The predicted octanol–water partition coefficient (Wildman–Crippen LogP) is 3.30. The van der Waals surface area contributed by atoms with Crippen LogP contribution in [-0.2, 0) is 11.3 Å². The van der Waals surface area contributed by atoms with Crippen molar-refractivity contribution in [2.75, 3.05) is 6.54 Å². The summed E-state index contributed by atoms with van der Waals surface area (Å²) in [7, 11) is 0. The second-order valence-electron chi connectivity index (χ2n) is 5.59. The van der Waals surface area contributed by atoms with Gasteiger partial charge in [-0.25, -0.2) is 0 Å². The molecule has 0 aliphatic carbocycles. The van der Waals surface area contributed by atoms with Crippen LogP contribution in [0.3, 0.4) is 0 Å². The van der Waals surface area contributed by atoms with Crippen molar-refractivity contribution in [1.29, 1.82) is 0 Å². The summed E-state index contributed by atoms with van der Waals surface area (Å²) >= 11 is 0. The van der Waals surface area contributed by atoms with Gasteiger partial charge in [0, 0.05) is 19.1 Å². The maximum atomic E-state index is 10.7. The minimum Gasteiger partial charge on any atom is -0.481 e. The molecule has 1 rings (SSSR count). The van der Waals surface area contributed by atoms with Crippen LogP contribution in [0, 0.1) is 20.8 Å². The van der Waals surface area contributed by atoms with Crippen LogP contribution in [0.2, 0.25) is 0 Å². The number of carboxylic acids is 1. The van der Waals surface area contributed by atoms with Crippen LogP contribution in [0.5, 0.6) is 0 Å². The Morgan fingerprint density at radius 3 is 2.16 bits per heavy atom. The number of nitrogens with zero attached hydrogens (tertiary/aromatic N) is 1. The Balaban J connectivity index is 2.87. The van der Waals surface area contributed by atoms with Crippen LogP contribution in [0.15, 0.2) is 12.1 Å². The van der Waals surface area contributed by atoms with Crippen molar-refractivity contribution in [1.82, 2.24) is 4.90 Å². The largest absolute Gasteiger partial charge is 0.481 e. The molecule has 0 saturated carbocycles. The molecule has 0 saturated heterocycles. The SMILES string of the molecule is Cc1cc(C)c(CN(CCC(=O)O)C(C)C)c(C)c1. The van der Waals surface area contributed by atoms with E-state index >= 15 is 0 Å². The number of rotatable bonds is 6. The first-order chi connectivity index (χ1) is 8.81. The number of aliphatic carboxylic acids is 1. The van der Waals surface area contributed by atoms with E-state index in [0.717, 1.165) is 6.54 Å². The van der Waals surface area contributed by atoms with E-state index < -0.39 is 5.97 Å². The molecule has 3 heteroatoms. The molecule has 3 nitrogen and oxygen atoms in total. The fourth-order valence-electron chi connectivity index (χ4n) is 2.42. The Morgan fingerprint density at radius 2 is 1.74 bits per heavy atom. The summed E-state index contributed by atoms with van der Waals surface area (Å²) in [6, 6.07) is 4.73. The third-order valence-corrected chi connectivity index (χ3v) is 3.54. The molecule has 0 bridgehead atoms. The first-order valence-electron chi connectivity index (χ1n) is 6.83. The molecule has 1 N–H and O–H groups in total. The van der Waals surface area contributed by atoms with Crippen molar-refractivity contribution in [2.24, 2.45) is 0 Å². The first kappa shape index (κ1) is 15.7. The summed E-state index contributed by atoms with van der Waals surface area (Å²) < 4.78 is 0. The number of benzene rings is 1. The van der Waals surface area contributed by atoms with Gasteiger partial charge in [0.05, 0.1) is 6.42 Å². The van der Waals surface area contributed by atoms with Gasteiger partial charge in [-0.3, -0.25) is 9.69 Å². The van der Waals surface area contributed by atoms with E-state index in [1.807, 2.05) is 0 Å². The zero-order valence-electron chi connectivity index (χ0n) is 12.7.